The van der Waals surface area contributed by atoms with Crippen LogP contribution in [0.2, 0.25) is 0 Å². The fraction of sp³-hybridized carbons (Fsp3) is 0.417. The van der Waals surface area contributed by atoms with Gasteiger partial charge in [-0.2, -0.15) is 0 Å². The molecular formula is C12H15NO4. The highest BCUT2D eigenvalue weighted by Gasteiger charge is 2.18. The highest BCUT2D eigenvalue weighted by molar-refractivity contribution is 5.88. The van der Waals surface area contributed by atoms with Crippen molar-refractivity contribution in [2.45, 2.75) is 12.5 Å². The summed E-state index contributed by atoms with van der Waals surface area (Å²) in [4.78, 5) is 10.8. The molecule has 0 saturated carbocycles. The Morgan fingerprint density at radius 1 is 1.47 bits per heavy atom. The van der Waals surface area contributed by atoms with Gasteiger partial charge in [-0.25, -0.2) is 4.79 Å². The first-order valence-electron chi connectivity index (χ1n) is 5.49. The summed E-state index contributed by atoms with van der Waals surface area (Å²) < 4.78 is 10.9. The SMILES string of the molecule is COc1cc(C(=O)O)ccc1OC1CCNC1. The average Bonchev–Trinajstić information content (AvgIpc) is 2.82. The van der Waals surface area contributed by atoms with Crippen LogP contribution in [-0.4, -0.2) is 37.4 Å². The molecule has 1 aromatic rings. The van der Waals surface area contributed by atoms with Crippen molar-refractivity contribution < 1.29 is 19.4 Å². The number of benzene rings is 1. The molecule has 92 valence electrons. The number of nitrogens with one attached hydrogen (secondary N) is 1. The van der Waals surface area contributed by atoms with Crippen LogP contribution < -0.4 is 14.8 Å². The Kier molecular flexibility index (Phi) is 3.49. The smallest absolute Gasteiger partial charge is 0.335 e. The molecule has 2 rings (SSSR count). The molecule has 1 aliphatic rings. The zero-order chi connectivity index (χ0) is 12.3. The minimum Gasteiger partial charge on any atom is -0.493 e. The van der Waals surface area contributed by atoms with Crippen molar-refractivity contribution in [1.82, 2.24) is 5.32 Å². The van der Waals surface area contributed by atoms with Gasteiger partial charge in [-0.1, -0.05) is 0 Å². The maximum absolute atomic E-state index is 10.8. The monoisotopic (exact) mass is 237 g/mol. The van der Waals surface area contributed by atoms with Crippen molar-refractivity contribution in [1.29, 1.82) is 0 Å². The number of carboxylic acids is 1. The molecule has 1 atom stereocenters. The van der Waals surface area contributed by atoms with Crippen molar-refractivity contribution >= 4 is 5.97 Å². The third-order valence-corrected chi connectivity index (χ3v) is 2.72. The Hall–Kier alpha value is -1.75. The van der Waals surface area contributed by atoms with E-state index in [-0.39, 0.29) is 11.7 Å². The first kappa shape index (κ1) is 11.7. The van der Waals surface area contributed by atoms with E-state index in [2.05, 4.69) is 5.32 Å². The Labute approximate surface area is 99.3 Å². The summed E-state index contributed by atoms with van der Waals surface area (Å²) in [6, 6.07) is 4.63. The van der Waals surface area contributed by atoms with Crippen LogP contribution in [0.25, 0.3) is 0 Å². The van der Waals surface area contributed by atoms with E-state index >= 15 is 0 Å². The zero-order valence-electron chi connectivity index (χ0n) is 9.60. The molecule has 0 aromatic heterocycles. The van der Waals surface area contributed by atoms with E-state index in [0.717, 1.165) is 19.5 Å². The van der Waals surface area contributed by atoms with Gasteiger partial charge in [0.25, 0.3) is 0 Å². The molecule has 1 saturated heterocycles. The number of carboxylic acid groups (broad SMARTS) is 1. The average molecular weight is 237 g/mol. The predicted molar refractivity (Wildman–Crippen MR) is 61.9 cm³/mol. The molecule has 17 heavy (non-hydrogen) atoms. The largest absolute Gasteiger partial charge is 0.493 e. The molecule has 0 spiro atoms. The normalized spacial score (nSPS) is 19.0. The van der Waals surface area contributed by atoms with Crippen molar-refractivity contribution in [2.75, 3.05) is 20.2 Å². The lowest BCUT2D eigenvalue weighted by atomic mass is 10.2. The lowest BCUT2D eigenvalue weighted by molar-refractivity contribution is 0.0696. The molecule has 0 aliphatic carbocycles. The molecule has 1 heterocycles. The summed E-state index contributed by atoms with van der Waals surface area (Å²) in [6.07, 6.45) is 1.07. The number of rotatable bonds is 4. The summed E-state index contributed by atoms with van der Waals surface area (Å²) in [6.45, 7) is 1.75. The minimum atomic E-state index is -0.975. The third kappa shape index (κ3) is 2.68. The molecule has 2 N–H and O–H groups in total. The van der Waals surface area contributed by atoms with Crippen LogP contribution in [-0.2, 0) is 0 Å². The summed E-state index contributed by atoms with van der Waals surface area (Å²) >= 11 is 0. The predicted octanol–water partition coefficient (Wildman–Crippen LogP) is 1.13. The fourth-order valence-electron chi connectivity index (χ4n) is 1.81. The van der Waals surface area contributed by atoms with E-state index in [9.17, 15) is 4.79 Å². The maximum Gasteiger partial charge on any atom is 0.335 e. The Balaban J connectivity index is 2.18. The molecule has 1 aromatic carbocycles. The van der Waals surface area contributed by atoms with Crippen LogP contribution in [0.4, 0.5) is 0 Å². The first-order chi connectivity index (χ1) is 8.20. The molecule has 1 fully saturated rings. The number of carbonyl (C=O) groups is 1. The molecule has 1 aliphatic heterocycles. The first-order valence-corrected chi connectivity index (χ1v) is 5.49. The summed E-state index contributed by atoms with van der Waals surface area (Å²) in [7, 11) is 1.50. The molecule has 0 amide bonds. The molecule has 0 bridgehead atoms. The van der Waals surface area contributed by atoms with Crippen LogP contribution in [0.3, 0.4) is 0 Å². The van der Waals surface area contributed by atoms with Gasteiger partial charge < -0.3 is 19.9 Å². The molecule has 1 unspecified atom stereocenters. The zero-order valence-corrected chi connectivity index (χ0v) is 9.60. The Bertz CT molecular complexity index is 413. The van der Waals surface area contributed by atoms with E-state index in [0.29, 0.717) is 11.5 Å². The van der Waals surface area contributed by atoms with E-state index in [1.54, 1.807) is 6.07 Å². The van der Waals surface area contributed by atoms with Gasteiger partial charge in [0, 0.05) is 6.54 Å². The van der Waals surface area contributed by atoms with Gasteiger partial charge in [0.2, 0.25) is 0 Å². The Morgan fingerprint density at radius 3 is 2.88 bits per heavy atom. The second kappa shape index (κ2) is 5.05. The van der Waals surface area contributed by atoms with Crippen molar-refractivity contribution in [3.63, 3.8) is 0 Å². The van der Waals surface area contributed by atoms with Crippen LogP contribution in [0, 0.1) is 0 Å². The van der Waals surface area contributed by atoms with Crippen molar-refractivity contribution in [3.8, 4) is 11.5 Å². The van der Waals surface area contributed by atoms with E-state index in [1.807, 2.05) is 0 Å². The van der Waals surface area contributed by atoms with Gasteiger partial charge >= 0.3 is 5.97 Å². The standard InChI is InChI=1S/C12H15NO4/c1-16-11-6-8(12(14)15)2-3-10(11)17-9-4-5-13-7-9/h2-3,6,9,13H,4-5,7H2,1H3,(H,14,15). The quantitative estimate of drug-likeness (QED) is 0.821. The van der Waals surface area contributed by atoms with E-state index < -0.39 is 5.97 Å². The highest BCUT2D eigenvalue weighted by Crippen LogP contribution is 2.29. The molecule has 0 radical (unpaired) electrons. The van der Waals surface area contributed by atoms with Gasteiger partial charge in [0.15, 0.2) is 11.5 Å². The summed E-state index contributed by atoms with van der Waals surface area (Å²) in [5.74, 6) is 0.0698. The van der Waals surface area contributed by atoms with Crippen LogP contribution in [0.5, 0.6) is 11.5 Å². The van der Waals surface area contributed by atoms with Crippen LogP contribution in [0.1, 0.15) is 16.8 Å². The summed E-state index contributed by atoms with van der Waals surface area (Å²) in [5, 5.41) is 12.1. The number of hydrogen-bond donors (Lipinski definition) is 2. The van der Waals surface area contributed by atoms with Gasteiger partial charge in [-0.3, -0.25) is 0 Å². The third-order valence-electron chi connectivity index (χ3n) is 2.72. The number of aromatic carboxylic acids is 1. The minimum absolute atomic E-state index is 0.125. The van der Waals surface area contributed by atoms with Crippen LogP contribution >= 0.6 is 0 Å². The molecule has 5 nitrogen and oxygen atoms in total. The van der Waals surface area contributed by atoms with Gasteiger partial charge in [-0.05, 0) is 31.2 Å². The van der Waals surface area contributed by atoms with E-state index in [1.165, 1.54) is 19.2 Å². The number of methoxy groups -OCH3 is 1. The van der Waals surface area contributed by atoms with Crippen molar-refractivity contribution in [2.24, 2.45) is 0 Å². The van der Waals surface area contributed by atoms with Gasteiger partial charge in [0.05, 0.1) is 12.7 Å². The Morgan fingerprint density at radius 2 is 2.29 bits per heavy atom. The second-order valence-electron chi connectivity index (χ2n) is 3.90. The molecule has 5 heteroatoms. The maximum atomic E-state index is 10.8. The second-order valence-corrected chi connectivity index (χ2v) is 3.90. The topological polar surface area (TPSA) is 67.8 Å². The summed E-state index contributed by atoms with van der Waals surface area (Å²) in [5.41, 5.74) is 0.193. The van der Waals surface area contributed by atoms with Gasteiger partial charge in [0.1, 0.15) is 6.10 Å². The van der Waals surface area contributed by atoms with E-state index in [4.69, 9.17) is 14.6 Å². The van der Waals surface area contributed by atoms with Gasteiger partial charge in [-0.15, -0.1) is 0 Å². The van der Waals surface area contributed by atoms with Crippen molar-refractivity contribution in [3.05, 3.63) is 23.8 Å². The van der Waals surface area contributed by atoms with Crippen LogP contribution in [0.15, 0.2) is 18.2 Å². The highest BCUT2D eigenvalue weighted by atomic mass is 16.5. The molecular weight excluding hydrogens is 222 g/mol. The lowest BCUT2D eigenvalue weighted by Crippen LogP contribution is -2.19. The fourth-order valence-corrected chi connectivity index (χ4v) is 1.81. The number of hydrogen-bond acceptors (Lipinski definition) is 4. The lowest BCUT2D eigenvalue weighted by Gasteiger charge is -2.15. The number of ether oxygens (including phenoxy) is 2.